The van der Waals surface area contributed by atoms with Crippen LogP contribution in [0.3, 0.4) is 0 Å². The van der Waals surface area contributed by atoms with Gasteiger partial charge in [-0.3, -0.25) is 0 Å². The molecule has 20 heavy (non-hydrogen) atoms. The summed E-state index contributed by atoms with van der Waals surface area (Å²) in [5.41, 5.74) is 2.95. The summed E-state index contributed by atoms with van der Waals surface area (Å²) in [5, 5.41) is 5.29. The normalized spacial score (nSPS) is 10.5. The molecule has 1 aromatic heterocycles. The van der Waals surface area contributed by atoms with Crippen LogP contribution >= 0.6 is 11.6 Å². The van der Waals surface area contributed by atoms with Gasteiger partial charge in [0.25, 0.3) is 0 Å². The van der Waals surface area contributed by atoms with E-state index < -0.39 is 0 Å². The highest BCUT2D eigenvalue weighted by Crippen LogP contribution is 2.22. The van der Waals surface area contributed by atoms with Gasteiger partial charge in [-0.1, -0.05) is 11.6 Å². The minimum absolute atomic E-state index is 0.719. The molecule has 1 heterocycles. The summed E-state index contributed by atoms with van der Waals surface area (Å²) < 4.78 is 6.98. The Labute approximate surface area is 122 Å². The third kappa shape index (κ3) is 2.53. The van der Waals surface area contributed by atoms with Crippen molar-refractivity contribution in [1.29, 1.82) is 0 Å². The van der Waals surface area contributed by atoms with Gasteiger partial charge in [-0.15, -0.1) is 0 Å². The molecule has 0 amide bonds. The fraction of sp³-hybridized carbons (Fsp3) is 0.0625. The van der Waals surface area contributed by atoms with Crippen molar-refractivity contribution in [2.45, 2.75) is 0 Å². The first-order chi connectivity index (χ1) is 9.76. The molecule has 2 aromatic carbocycles. The number of nitrogens with zero attached hydrogens (tertiary/aromatic N) is 2. The van der Waals surface area contributed by atoms with E-state index in [0.29, 0.717) is 0 Å². The molecule has 100 valence electrons. The standard InChI is InChI=1S/C16H13ClN2O/c1-20-15-8-2-12(3-9-15)16-10-11-19(18-16)14-6-4-13(17)5-7-14/h2-11H,1H3. The van der Waals surface area contributed by atoms with Gasteiger partial charge in [0.1, 0.15) is 5.75 Å². The number of rotatable bonds is 3. The quantitative estimate of drug-likeness (QED) is 0.721. The van der Waals surface area contributed by atoms with Crippen LogP contribution in [0.2, 0.25) is 5.02 Å². The smallest absolute Gasteiger partial charge is 0.118 e. The van der Waals surface area contributed by atoms with Crippen molar-refractivity contribution in [1.82, 2.24) is 9.78 Å². The molecule has 3 rings (SSSR count). The lowest BCUT2D eigenvalue weighted by Gasteiger charge is -2.02. The van der Waals surface area contributed by atoms with E-state index in [1.807, 2.05) is 65.5 Å². The highest BCUT2D eigenvalue weighted by Gasteiger charge is 2.04. The van der Waals surface area contributed by atoms with E-state index in [0.717, 1.165) is 27.7 Å². The van der Waals surface area contributed by atoms with Gasteiger partial charge < -0.3 is 4.74 Å². The Morgan fingerprint density at radius 3 is 2.30 bits per heavy atom. The maximum atomic E-state index is 5.89. The van der Waals surface area contributed by atoms with E-state index in [-0.39, 0.29) is 0 Å². The average Bonchev–Trinajstić information content (AvgIpc) is 2.98. The maximum Gasteiger partial charge on any atom is 0.118 e. The van der Waals surface area contributed by atoms with Crippen LogP contribution in [0.5, 0.6) is 5.75 Å². The lowest BCUT2D eigenvalue weighted by Crippen LogP contribution is -1.94. The van der Waals surface area contributed by atoms with Gasteiger partial charge in [-0.05, 0) is 54.6 Å². The molecule has 0 N–H and O–H groups in total. The minimum Gasteiger partial charge on any atom is -0.497 e. The van der Waals surface area contributed by atoms with Gasteiger partial charge in [-0.25, -0.2) is 4.68 Å². The summed E-state index contributed by atoms with van der Waals surface area (Å²) >= 11 is 5.89. The third-order valence-corrected chi connectivity index (χ3v) is 3.32. The van der Waals surface area contributed by atoms with Crippen LogP contribution in [0.25, 0.3) is 16.9 Å². The number of benzene rings is 2. The molecule has 3 nitrogen and oxygen atoms in total. The molecule has 4 heteroatoms. The molecule has 3 aromatic rings. The van der Waals surface area contributed by atoms with Gasteiger partial charge in [0.15, 0.2) is 0 Å². The topological polar surface area (TPSA) is 27.1 Å². The van der Waals surface area contributed by atoms with Crippen LogP contribution in [-0.2, 0) is 0 Å². The predicted molar refractivity (Wildman–Crippen MR) is 80.6 cm³/mol. The number of hydrogen-bond acceptors (Lipinski definition) is 2. The second-order valence-corrected chi connectivity index (χ2v) is 4.79. The summed E-state index contributed by atoms with van der Waals surface area (Å²) in [5.74, 6) is 0.839. The second-order valence-electron chi connectivity index (χ2n) is 4.35. The Hall–Kier alpha value is -2.26. The van der Waals surface area contributed by atoms with Crippen LogP contribution in [0.4, 0.5) is 0 Å². The largest absolute Gasteiger partial charge is 0.497 e. The van der Waals surface area contributed by atoms with Crippen LogP contribution in [-0.4, -0.2) is 16.9 Å². The molecular formula is C16H13ClN2O. The summed E-state index contributed by atoms with van der Waals surface area (Å²) in [6, 6.07) is 17.4. The van der Waals surface area contributed by atoms with Crippen LogP contribution in [0.15, 0.2) is 60.8 Å². The van der Waals surface area contributed by atoms with E-state index in [1.54, 1.807) is 7.11 Å². The zero-order chi connectivity index (χ0) is 13.9. The second kappa shape index (κ2) is 5.39. The van der Waals surface area contributed by atoms with E-state index in [2.05, 4.69) is 5.10 Å². The van der Waals surface area contributed by atoms with Crippen molar-refractivity contribution in [3.63, 3.8) is 0 Å². The Morgan fingerprint density at radius 1 is 0.950 bits per heavy atom. The molecule has 0 aliphatic heterocycles. The fourth-order valence-electron chi connectivity index (χ4n) is 1.98. The molecule has 0 radical (unpaired) electrons. The zero-order valence-corrected chi connectivity index (χ0v) is 11.7. The van der Waals surface area contributed by atoms with Crippen molar-refractivity contribution >= 4 is 11.6 Å². The molecular weight excluding hydrogens is 272 g/mol. The van der Waals surface area contributed by atoms with Crippen molar-refractivity contribution in [3.8, 4) is 22.7 Å². The van der Waals surface area contributed by atoms with Crippen LogP contribution in [0, 0.1) is 0 Å². The highest BCUT2D eigenvalue weighted by atomic mass is 35.5. The summed E-state index contributed by atoms with van der Waals surface area (Å²) in [6.45, 7) is 0. The Morgan fingerprint density at radius 2 is 1.65 bits per heavy atom. The Bertz CT molecular complexity index is 702. The monoisotopic (exact) mass is 284 g/mol. The van der Waals surface area contributed by atoms with Gasteiger partial charge in [0, 0.05) is 16.8 Å². The SMILES string of the molecule is COc1ccc(-c2ccn(-c3ccc(Cl)cc3)n2)cc1. The number of halogens is 1. The molecule has 0 atom stereocenters. The molecule has 0 bridgehead atoms. The number of ether oxygens (including phenoxy) is 1. The minimum atomic E-state index is 0.719. The summed E-state index contributed by atoms with van der Waals surface area (Å²) in [6.07, 6.45) is 1.93. The number of methoxy groups -OCH3 is 1. The highest BCUT2D eigenvalue weighted by molar-refractivity contribution is 6.30. The first-order valence-electron chi connectivity index (χ1n) is 6.22. The Balaban J connectivity index is 1.91. The molecule has 0 fully saturated rings. The van der Waals surface area contributed by atoms with Gasteiger partial charge in [-0.2, -0.15) is 5.10 Å². The van der Waals surface area contributed by atoms with Crippen molar-refractivity contribution in [2.75, 3.05) is 7.11 Å². The fourth-order valence-corrected chi connectivity index (χ4v) is 2.10. The molecule has 0 aliphatic carbocycles. The predicted octanol–water partition coefficient (Wildman–Crippen LogP) is 4.20. The first kappa shape index (κ1) is 12.8. The number of aromatic nitrogens is 2. The molecule has 0 saturated heterocycles. The van der Waals surface area contributed by atoms with E-state index in [9.17, 15) is 0 Å². The Kier molecular flexibility index (Phi) is 3.44. The summed E-state index contributed by atoms with van der Waals surface area (Å²) in [4.78, 5) is 0. The maximum absolute atomic E-state index is 5.89. The van der Waals surface area contributed by atoms with Gasteiger partial charge in [0.2, 0.25) is 0 Å². The zero-order valence-electron chi connectivity index (χ0n) is 11.0. The number of hydrogen-bond donors (Lipinski definition) is 0. The van der Waals surface area contributed by atoms with Crippen molar-refractivity contribution < 1.29 is 4.74 Å². The molecule has 0 spiro atoms. The van der Waals surface area contributed by atoms with Gasteiger partial charge in [0.05, 0.1) is 18.5 Å². The third-order valence-electron chi connectivity index (χ3n) is 3.07. The van der Waals surface area contributed by atoms with E-state index in [4.69, 9.17) is 16.3 Å². The van der Waals surface area contributed by atoms with E-state index >= 15 is 0 Å². The molecule has 0 aliphatic rings. The molecule has 0 saturated carbocycles. The van der Waals surface area contributed by atoms with Crippen LogP contribution < -0.4 is 4.74 Å². The molecule has 0 unspecified atom stereocenters. The van der Waals surface area contributed by atoms with Crippen molar-refractivity contribution in [3.05, 3.63) is 65.8 Å². The van der Waals surface area contributed by atoms with Crippen LogP contribution in [0.1, 0.15) is 0 Å². The lowest BCUT2D eigenvalue weighted by atomic mass is 10.1. The van der Waals surface area contributed by atoms with E-state index in [1.165, 1.54) is 0 Å². The van der Waals surface area contributed by atoms with Gasteiger partial charge >= 0.3 is 0 Å². The van der Waals surface area contributed by atoms with Crippen molar-refractivity contribution in [2.24, 2.45) is 0 Å². The lowest BCUT2D eigenvalue weighted by molar-refractivity contribution is 0.415. The first-order valence-corrected chi connectivity index (χ1v) is 6.60. The average molecular weight is 285 g/mol. The summed E-state index contributed by atoms with van der Waals surface area (Å²) in [7, 11) is 1.66.